The van der Waals surface area contributed by atoms with Gasteiger partial charge in [-0.1, -0.05) is 0 Å². The molecule has 0 aromatic carbocycles. The van der Waals surface area contributed by atoms with Crippen LogP contribution >= 0.6 is 0 Å². The molecule has 0 N–H and O–H groups in total. The fourth-order valence-corrected chi connectivity index (χ4v) is 5.07. The van der Waals surface area contributed by atoms with Crippen LogP contribution in [0.5, 0.6) is 0 Å². The largest absolute Gasteiger partial charge is 0.463 e. The van der Waals surface area contributed by atoms with E-state index in [1.165, 1.54) is 12.5 Å². The van der Waals surface area contributed by atoms with Crippen molar-refractivity contribution in [3.05, 3.63) is 24.2 Å². The maximum Gasteiger partial charge on any atom is 0.267 e. The van der Waals surface area contributed by atoms with E-state index in [9.17, 15) is 0 Å². The fourth-order valence-electron chi connectivity index (χ4n) is 2.27. The summed E-state index contributed by atoms with van der Waals surface area (Å²) in [4.78, 5) is 4.38. The zero-order valence-corrected chi connectivity index (χ0v) is 11.6. The number of furan rings is 1. The van der Waals surface area contributed by atoms with E-state index < -0.39 is 8.48 Å². The lowest BCUT2D eigenvalue weighted by atomic mass is 10.4. The SMILES string of the molecule is CO[Si]1(C)CCCN1CCN=Cc1ccco1. The van der Waals surface area contributed by atoms with Crippen molar-refractivity contribution in [3.63, 3.8) is 0 Å². The molecule has 0 bridgehead atoms. The van der Waals surface area contributed by atoms with Gasteiger partial charge >= 0.3 is 0 Å². The predicted octanol–water partition coefficient (Wildman–Crippen LogP) is 2.12. The molecule has 1 aromatic heterocycles. The zero-order chi connectivity index (χ0) is 12.1. The van der Waals surface area contributed by atoms with Gasteiger partial charge in [-0.3, -0.25) is 4.99 Å². The minimum absolute atomic E-state index is 0.812. The highest BCUT2D eigenvalue weighted by molar-refractivity contribution is 6.70. The third kappa shape index (κ3) is 3.05. The third-order valence-electron chi connectivity index (χ3n) is 3.44. The summed E-state index contributed by atoms with van der Waals surface area (Å²) in [6, 6.07) is 5.02. The van der Waals surface area contributed by atoms with E-state index in [0.717, 1.165) is 25.4 Å². The van der Waals surface area contributed by atoms with Gasteiger partial charge in [-0.15, -0.1) is 0 Å². The zero-order valence-electron chi connectivity index (χ0n) is 10.6. The van der Waals surface area contributed by atoms with E-state index in [1.807, 2.05) is 19.2 Å². The van der Waals surface area contributed by atoms with Crippen LogP contribution in [0.4, 0.5) is 0 Å². The van der Waals surface area contributed by atoms with Crippen LogP contribution in [0.1, 0.15) is 12.2 Å². The van der Waals surface area contributed by atoms with Gasteiger partial charge in [0.05, 0.1) is 19.0 Å². The molecule has 1 saturated heterocycles. The monoisotopic (exact) mass is 252 g/mol. The van der Waals surface area contributed by atoms with Crippen molar-refractivity contribution in [1.29, 1.82) is 0 Å². The van der Waals surface area contributed by atoms with Gasteiger partial charge < -0.3 is 13.4 Å². The number of nitrogens with zero attached hydrogens (tertiary/aromatic N) is 2. The molecule has 0 aliphatic carbocycles. The van der Waals surface area contributed by atoms with Crippen molar-refractivity contribution in [2.24, 2.45) is 4.99 Å². The summed E-state index contributed by atoms with van der Waals surface area (Å²) in [6.07, 6.45) is 4.72. The minimum Gasteiger partial charge on any atom is -0.463 e. The van der Waals surface area contributed by atoms with Gasteiger partial charge in [-0.25, -0.2) is 0 Å². The van der Waals surface area contributed by atoms with Crippen molar-refractivity contribution in [1.82, 2.24) is 4.57 Å². The number of hydrogen-bond acceptors (Lipinski definition) is 4. The van der Waals surface area contributed by atoms with Crippen LogP contribution in [-0.4, -0.2) is 46.0 Å². The number of hydrogen-bond donors (Lipinski definition) is 0. The Bertz CT molecular complexity index is 367. The van der Waals surface area contributed by atoms with Crippen LogP contribution in [0, 0.1) is 0 Å². The Morgan fingerprint density at radius 3 is 3.24 bits per heavy atom. The van der Waals surface area contributed by atoms with Gasteiger partial charge in [0.15, 0.2) is 0 Å². The second kappa shape index (κ2) is 5.62. The van der Waals surface area contributed by atoms with Gasteiger partial charge in [0.25, 0.3) is 8.48 Å². The summed E-state index contributed by atoms with van der Waals surface area (Å²) in [5, 5.41) is 0. The molecular weight excluding hydrogens is 232 g/mol. The van der Waals surface area contributed by atoms with Crippen LogP contribution in [0.3, 0.4) is 0 Å². The van der Waals surface area contributed by atoms with Gasteiger partial charge in [-0.05, 0) is 37.7 Å². The lowest BCUT2D eigenvalue weighted by Gasteiger charge is -2.30. The van der Waals surface area contributed by atoms with Crippen LogP contribution in [0.15, 0.2) is 27.8 Å². The lowest BCUT2D eigenvalue weighted by molar-refractivity contribution is 0.320. The van der Waals surface area contributed by atoms with Gasteiger partial charge in [0, 0.05) is 13.7 Å². The summed E-state index contributed by atoms with van der Waals surface area (Å²) < 4.78 is 13.4. The first kappa shape index (κ1) is 12.5. The molecule has 1 aliphatic heterocycles. The molecule has 0 radical (unpaired) electrons. The second-order valence-electron chi connectivity index (χ2n) is 4.52. The highest BCUT2D eigenvalue weighted by atomic mass is 28.4. The first-order valence-electron chi connectivity index (χ1n) is 6.08. The summed E-state index contributed by atoms with van der Waals surface area (Å²) in [5.74, 6) is 0.818. The maximum atomic E-state index is 5.71. The van der Waals surface area contributed by atoms with E-state index in [1.54, 1.807) is 12.5 Å². The van der Waals surface area contributed by atoms with Crippen LogP contribution in [0.2, 0.25) is 12.6 Å². The normalized spacial score (nSPS) is 26.0. The molecule has 0 spiro atoms. The minimum atomic E-state index is -1.57. The molecule has 94 valence electrons. The molecular formula is C12H20N2O2Si. The van der Waals surface area contributed by atoms with Gasteiger partial charge in [-0.2, -0.15) is 0 Å². The molecule has 1 unspecified atom stereocenters. The Balaban J connectivity index is 1.79. The molecule has 1 atom stereocenters. The molecule has 17 heavy (non-hydrogen) atoms. The van der Waals surface area contributed by atoms with Crippen molar-refractivity contribution < 1.29 is 8.84 Å². The van der Waals surface area contributed by atoms with Gasteiger partial charge in [0.2, 0.25) is 0 Å². The van der Waals surface area contributed by atoms with Crippen LogP contribution < -0.4 is 0 Å². The Labute approximate surface area is 103 Å². The first-order valence-corrected chi connectivity index (χ1v) is 8.64. The summed E-state index contributed by atoms with van der Waals surface area (Å²) in [5.41, 5.74) is 0. The molecule has 0 amide bonds. The molecule has 2 rings (SSSR count). The third-order valence-corrected chi connectivity index (χ3v) is 7.38. The van der Waals surface area contributed by atoms with E-state index >= 15 is 0 Å². The second-order valence-corrected chi connectivity index (χ2v) is 8.41. The Morgan fingerprint density at radius 1 is 1.65 bits per heavy atom. The van der Waals surface area contributed by atoms with E-state index in [-0.39, 0.29) is 0 Å². The fraction of sp³-hybridized carbons (Fsp3) is 0.583. The quantitative estimate of drug-likeness (QED) is 0.595. The summed E-state index contributed by atoms with van der Waals surface area (Å²) >= 11 is 0. The lowest BCUT2D eigenvalue weighted by Crippen LogP contribution is -2.49. The maximum absolute atomic E-state index is 5.71. The van der Waals surface area contributed by atoms with E-state index in [0.29, 0.717) is 0 Å². The Hall–Kier alpha value is -0.913. The highest BCUT2D eigenvalue weighted by Gasteiger charge is 2.39. The molecule has 1 fully saturated rings. The van der Waals surface area contributed by atoms with Crippen molar-refractivity contribution >= 4 is 14.7 Å². The Morgan fingerprint density at radius 2 is 2.53 bits per heavy atom. The van der Waals surface area contributed by atoms with Crippen molar-refractivity contribution in [3.8, 4) is 0 Å². The van der Waals surface area contributed by atoms with Crippen molar-refractivity contribution in [2.45, 2.75) is 19.0 Å². The topological polar surface area (TPSA) is 38.0 Å². The summed E-state index contributed by atoms with van der Waals surface area (Å²) in [7, 11) is 0.274. The smallest absolute Gasteiger partial charge is 0.267 e. The van der Waals surface area contributed by atoms with E-state index in [2.05, 4.69) is 16.1 Å². The van der Waals surface area contributed by atoms with Gasteiger partial charge in [0.1, 0.15) is 5.76 Å². The standard InChI is InChI=1S/C12H20N2O2Si/c1-15-17(2)10-4-7-14(17)8-6-13-11-12-5-3-9-16-12/h3,5,9,11H,4,6-8,10H2,1-2H3. The molecule has 0 saturated carbocycles. The number of rotatable bonds is 5. The molecule has 1 aliphatic rings. The Kier molecular flexibility index (Phi) is 4.14. The highest BCUT2D eigenvalue weighted by Crippen LogP contribution is 2.25. The average Bonchev–Trinajstić information content (AvgIpc) is 2.95. The number of aliphatic imine (C=N–C) groups is 1. The summed E-state index contributed by atoms with van der Waals surface area (Å²) in [6.45, 7) is 5.25. The van der Waals surface area contributed by atoms with Crippen molar-refractivity contribution in [2.75, 3.05) is 26.7 Å². The molecule has 1 aromatic rings. The molecule has 4 nitrogen and oxygen atoms in total. The molecule has 2 heterocycles. The predicted molar refractivity (Wildman–Crippen MR) is 70.8 cm³/mol. The first-order chi connectivity index (χ1) is 8.24. The molecule has 5 heteroatoms. The van der Waals surface area contributed by atoms with Crippen LogP contribution in [-0.2, 0) is 4.43 Å². The average molecular weight is 252 g/mol. The van der Waals surface area contributed by atoms with Crippen LogP contribution in [0.25, 0.3) is 0 Å². The van der Waals surface area contributed by atoms with E-state index in [4.69, 9.17) is 8.84 Å².